The summed E-state index contributed by atoms with van der Waals surface area (Å²) in [6.07, 6.45) is 2.53. The van der Waals surface area contributed by atoms with Gasteiger partial charge in [0.15, 0.2) is 0 Å². The van der Waals surface area contributed by atoms with Gasteiger partial charge in [-0.1, -0.05) is 6.92 Å². The Kier molecular flexibility index (Phi) is 5.14. The van der Waals surface area contributed by atoms with E-state index in [9.17, 15) is 0 Å². The first kappa shape index (κ1) is 11.3. The quantitative estimate of drug-likeness (QED) is 0.731. The number of hydrogen-bond acceptors (Lipinski definition) is 3. The lowest BCUT2D eigenvalue weighted by atomic mass is 10.1. The molecule has 0 aliphatic carbocycles. The van der Waals surface area contributed by atoms with Crippen LogP contribution < -0.4 is 5.73 Å². The molecule has 0 amide bonds. The Balaban J connectivity index is 2.18. The van der Waals surface area contributed by atoms with E-state index in [0.29, 0.717) is 0 Å². The van der Waals surface area contributed by atoms with Crippen molar-refractivity contribution in [1.29, 1.82) is 0 Å². The summed E-state index contributed by atoms with van der Waals surface area (Å²) < 4.78 is 0. The molecule has 2 nitrogen and oxygen atoms in total. The van der Waals surface area contributed by atoms with E-state index in [0.717, 1.165) is 24.9 Å². The third kappa shape index (κ3) is 3.88. The first-order chi connectivity index (χ1) is 6.24. The zero-order chi connectivity index (χ0) is 9.68. The maximum atomic E-state index is 5.54. The van der Waals surface area contributed by atoms with Gasteiger partial charge in [0.2, 0.25) is 0 Å². The van der Waals surface area contributed by atoms with Crippen LogP contribution in [0.5, 0.6) is 0 Å². The van der Waals surface area contributed by atoms with Gasteiger partial charge in [0, 0.05) is 18.3 Å². The molecule has 0 bridgehead atoms. The summed E-state index contributed by atoms with van der Waals surface area (Å²) in [7, 11) is 2.25. The smallest absolute Gasteiger partial charge is 0.0191 e. The molecule has 2 atom stereocenters. The molecule has 0 spiro atoms. The molecular formula is C10H22N2S. The van der Waals surface area contributed by atoms with Crippen molar-refractivity contribution in [3.8, 4) is 0 Å². The van der Waals surface area contributed by atoms with Crippen LogP contribution in [0.1, 0.15) is 19.8 Å². The van der Waals surface area contributed by atoms with Crippen LogP contribution in [-0.4, -0.2) is 42.6 Å². The van der Waals surface area contributed by atoms with Gasteiger partial charge in [0.05, 0.1) is 0 Å². The largest absolute Gasteiger partial charge is 0.330 e. The highest BCUT2D eigenvalue weighted by Gasteiger charge is 2.20. The molecule has 1 aliphatic heterocycles. The second kappa shape index (κ2) is 5.89. The minimum atomic E-state index is 0.751. The third-order valence-electron chi connectivity index (χ3n) is 2.79. The van der Waals surface area contributed by atoms with Gasteiger partial charge in [-0.05, 0) is 38.1 Å². The number of thioether (sulfide) groups is 1. The van der Waals surface area contributed by atoms with Gasteiger partial charge in [-0.2, -0.15) is 11.8 Å². The van der Waals surface area contributed by atoms with Crippen molar-refractivity contribution in [3.63, 3.8) is 0 Å². The van der Waals surface area contributed by atoms with Crippen molar-refractivity contribution in [3.05, 3.63) is 0 Å². The van der Waals surface area contributed by atoms with Crippen LogP contribution in [0.2, 0.25) is 0 Å². The Bertz CT molecular complexity index is 135. The molecule has 1 fully saturated rings. The molecule has 1 saturated heterocycles. The molecular weight excluding hydrogens is 180 g/mol. The summed E-state index contributed by atoms with van der Waals surface area (Å²) in [6.45, 7) is 4.34. The van der Waals surface area contributed by atoms with Crippen molar-refractivity contribution in [2.24, 2.45) is 11.7 Å². The molecule has 13 heavy (non-hydrogen) atoms. The third-order valence-corrected chi connectivity index (χ3v) is 3.93. The van der Waals surface area contributed by atoms with E-state index in [2.05, 4.69) is 30.6 Å². The van der Waals surface area contributed by atoms with Crippen LogP contribution in [0.4, 0.5) is 0 Å². The molecule has 0 aromatic heterocycles. The maximum Gasteiger partial charge on any atom is 0.0191 e. The second-order valence-electron chi connectivity index (χ2n) is 4.14. The van der Waals surface area contributed by atoms with Crippen LogP contribution in [0, 0.1) is 5.92 Å². The van der Waals surface area contributed by atoms with E-state index in [1.54, 1.807) is 0 Å². The second-order valence-corrected chi connectivity index (χ2v) is 5.29. The molecule has 0 aromatic rings. The summed E-state index contributed by atoms with van der Waals surface area (Å²) in [4.78, 5) is 2.51. The fourth-order valence-corrected chi connectivity index (χ4v) is 3.18. The topological polar surface area (TPSA) is 29.3 Å². The highest BCUT2D eigenvalue weighted by Crippen LogP contribution is 2.22. The van der Waals surface area contributed by atoms with Crippen molar-refractivity contribution in [1.82, 2.24) is 4.90 Å². The van der Waals surface area contributed by atoms with Crippen molar-refractivity contribution in [2.45, 2.75) is 25.8 Å². The van der Waals surface area contributed by atoms with E-state index in [-0.39, 0.29) is 0 Å². The molecule has 0 aromatic carbocycles. The number of hydrogen-bond donors (Lipinski definition) is 1. The van der Waals surface area contributed by atoms with Gasteiger partial charge in [0.25, 0.3) is 0 Å². The van der Waals surface area contributed by atoms with E-state index in [4.69, 9.17) is 5.73 Å². The van der Waals surface area contributed by atoms with Gasteiger partial charge in [-0.25, -0.2) is 0 Å². The van der Waals surface area contributed by atoms with Crippen LogP contribution in [-0.2, 0) is 0 Å². The van der Waals surface area contributed by atoms with Crippen LogP contribution in [0.3, 0.4) is 0 Å². The minimum Gasteiger partial charge on any atom is -0.330 e. The Labute approximate surface area is 86.2 Å². The molecule has 2 unspecified atom stereocenters. The number of rotatable bonds is 5. The van der Waals surface area contributed by atoms with Crippen LogP contribution in [0.25, 0.3) is 0 Å². The Morgan fingerprint density at radius 1 is 1.62 bits per heavy atom. The molecule has 1 aliphatic rings. The van der Waals surface area contributed by atoms with Gasteiger partial charge in [-0.15, -0.1) is 0 Å². The SMILES string of the molecule is CC(CCN)CN(C)C1CCSC1. The van der Waals surface area contributed by atoms with Gasteiger partial charge in [0.1, 0.15) is 0 Å². The molecule has 0 saturated carbocycles. The molecule has 78 valence electrons. The van der Waals surface area contributed by atoms with E-state index >= 15 is 0 Å². The molecule has 0 radical (unpaired) electrons. The van der Waals surface area contributed by atoms with E-state index in [1.165, 1.54) is 24.5 Å². The van der Waals surface area contributed by atoms with Crippen LogP contribution in [0.15, 0.2) is 0 Å². The fourth-order valence-electron chi connectivity index (χ4n) is 1.89. The van der Waals surface area contributed by atoms with E-state index in [1.807, 2.05) is 0 Å². The lowest BCUT2D eigenvalue weighted by Crippen LogP contribution is -2.35. The Morgan fingerprint density at radius 2 is 2.38 bits per heavy atom. The van der Waals surface area contributed by atoms with E-state index < -0.39 is 0 Å². The molecule has 1 heterocycles. The molecule has 1 rings (SSSR count). The summed E-state index contributed by atoms with van der Waals surface area (Å²) >= 11 is 2.08. The zero-order valence-corrected chi connectivity index (χ0v) is 9.65. The normalized spacial score (nSPS) is 25.4. The number of nitrogens with two attached hydrogens (primary N) is 1. The maximum absolute atomic E-state index is 5.54. The van der Waals surface area contributed by atoms with Crippen molar-refractivity contribution in [2.75, 3.05) is 31.6 Å². The fraction of sp³-hybridized carbons (Fsp3) is 1.00. The van der Waals surface area contributed by atoms with Gasteiger partial charge in [-0.3, -0.25) is 0 Å². The first-order valence-electron chi connectivity index (χ1n) is 5.22. The minimum absolute atomic E-state index is 0.751. The molecule has 2 N–H and O–H groups in total. The zero-order valence-electron chi connectivity index (χ0n) is 8.83. The highest BCUT2D eigenvalue weighted by molar-refractivity contribution is 7.99. The lowest BCUT2D eigenvalue weighted by Gasteiger charge is -2.26. The number of nitrogens with zero attached hydrogens (tertiary/aromatic N) is 1. The lowest BCUT2D eigenvalue weighted by molar-refractivity contribution is 0.224. The first-order valence-corrected chi connectivity index (χ1v) is 6.37. The van der Waals surface area contributed by atoms with Crippen LogP contribution >= 0.6 is 11.8 Å². The summed E-state index contributed by atoms with van der Waals surface area (Å²) in [5.74, 6) is 3.42. The Morgan fingerprint density at radius 3 is 2.92 bits per heavy atom. The standard InChI is InChI=1S/C10H22N2S/c1-9(3-5-11)7-12(2)10-4-6-13-8-10/h9-10H,3-8,11H2,1-2H3. The Hall–Kier alpha value is 0.270. The molecule has 3 heteroatoms. The summed E-state index contributed by atoms with van der Waals surface area (Å²) in [6, 6.07) is 0.824. The summed E-state index contributed by atoms with van der Waals surface area (Å²) in [5.41, 5.74) is 5.54. The van der Waals surface area contributed by atoms with Crippen molar-refractivity contribution >= 4 is 11.8 Å². The monoisotopic (exact) mass is 202 g/mol. The average Bonchev–Trinajstić information content (AvgIpc) is 2.55. The predicted molar refractivity (Wildman–Crippen MR) is 61.2 cm³/mol. The highest BCUT2D eigenvalue weighted by atomic mass is 32.2. The summed E-state index contributed by atoms with van der Waals surface area (Å²) in [5, 5.41) is 0. The van der Waals surface area contributed by atoms with Gasteiger partial charge < -0.3 is 10.6 Å². The average molecular weight is 202 g/mol. The van der Waals surface area contributed by atoms with Gasteiger partial charge >= 0.3 is 0 Å². The predicted octanol–water partition coefficient (Wildman–Crippen LogP) is 1.41. The van der Waals surface area contributed by atoms with Crippen molar-refractivity contribution < 1.29 is 0 Å².